The molecule has 0 fully saturated rings. The molecule has 1 N–H and O–H groups in total. The Morgan fingerprint density at radius 3 is 2.79 bits per heavy atom. The predicted molar refractivity (Wildman–Crippen MR) is 76.3 cm³/mol. The van der Waals surface area contributed by atoms with Crippen molar-refractivity contribution in [3.05, 3.63) is 53.1 Å². The summed E-state index contributed by atoms with van der Waals surface area (Å²) in [5.41, 5.74) is 6.43. The van der Waals surface area contributed by atoms with Gasteiger partial charge in [0.1, 0.15) is 5.75 Å². The van der Waals surface area contributed by atoms with Gasteiger partial charge < -0.3 is 5.11 Å². The van der Waals surface area contributed by atoms with Gasteiger partial charge in [0.05, 0.1) is 0 Å². The van der Waals surface area contributed by atoms with Crippen LogP contribution in [0.1, 0.15) is 22.7 Å². The van der Waals surface area contributed by atoms with Crippen LogP contribution < -0.4 is 0 Å². The lowest BCUT2D eigenvalue weighted by Crippen LogP contribution is -2.35. The monoisotopic (exact) mass is 251 g/mol. The smallest absolute Gasteiger partial charge is 0.123 e. The van der Waals surface area contributed by atoms with E-state index in [0.717, 1.165) is 24.9 Å². The molecule has 2 heteroatoms. The highest BCUT2D eigenvalue weighted by Crippen LogP contribution is 2.47. The fourth-order valence-corrected chi connectivity index (χ4v) is 3.65. The SMILES string of the molecule is CN1CCc2cccc3c2[C@@H]1Cc1cccc(O)c1-3. The van der Waals surface area contributed by atoms with Crippen molar-refractivity contribution in [2.45, 2.75) is 18.9 Å². The summed E-state index contributed by atoms with van der Waals surface area (Å²) in [4.78, 5) is 2.44. The number of aromatic hydroxyl groups is 1. The molecule has 2 aromatic carbocycles. The zero-order valence-corrected chi connectivity index (χ0v) is 11.1. The maximum absolute atomic E-state index is 10.2. The van der Waals surface area contributed by atoms with Crippen molar-refractivity contribution in [3.8, 4) is 16.9 Å². The van der Waals surface area contributed by atoms with Crippen LogP contribution >= 0.6 is 0 Å². The molecule has 0 amide bonds. The van der Waals surface area contributed by atoms with Gasteiger partial charge in [-0.3, -0.25) is 4.90 Å². The lowest BCUT2D eigenvalue weighted by molar-refractivity contribution is 0.228. The number of rotatable bonds is 0. The molecule has 2 nitrogen and oxygen atoms in total. The summed E-state index contributed by atoms with van der Waals surface area (Å²) >= 11 is 0. The first kappa shape index (κ1) is 11.1. The Morgan fingerprint density at radius 2 is 1.89 bits per heavy atom. The summed E-state index contributed by atoms with van der Waals surface area (Å²) in [6, 6.07) is 12.9. The minimum atomic E-state index is 0.414. The fourth-order valence-electron chi connectivity index (χ4n) is 3.65. The number of likely N-dealkylation sites (N-methyl/N-ethyl adjacent to an activating group) is 1. The third-order valence-electron chi connectivity index (χ3n) is 4.61. The van der Waals surface area contributed by atoms with Crippen LogP contribution in [0.4, 0.5) is 0 Å². The summed E-state index contributed by atoms with van der Waals surface area (Å²) < 4.78 is 0. The van der Waals surface area contributed by atoms with Gasteiger partial charge in [-0.1, -0.05) is 30.3 Å². The molecular weight excluding hydrogens is 234 g/mol. The first-order valence-corrected chi connectivity index (χ1v) is 6.89. The maximum Gasteiger partial charge on any atom is 0.123 e. The highest BCUT2D eigenvalue weighted by Gasteiger charge is 2.33. The lowest BCUT2D eigenvalue weighted by atomic mass is 9.77. The number of phenolic OH excluding ortho intramolecular Hbond substituents is 1. The molecule has 0 unspecified atom stereocenters. The molecule has 2 aliphatic rings. The van der Waals surface area contributed by atoms with Crippen molar-refractivity contribution < 1.29 is 5.11 Å². The van der Waals surface area contributed by atoms with Gasteiger partial charge in [0, 0.05) is 18.2 Å². The third kappa shape index (κ3) is 1.47. The Bertz CT molecular complexity index is 662. The summed E-state index contributed by atoms with van der Waals surface area (Å²) in [6.07, 6.45) is 2.11. The summed E-state index contributed by atoms with van der Waals surface area (Å²) in [7, 11) is 2.21. The molecule has 1 aliphatic carbocycles. The van der Waals surface area contributed by atoms with Gasteiger partial charge in [-0.05, 0) is 48.2 Å². The van der Waals surface area contributed by atoms with Crippen molar-refractivity contribution in [1.82, 2.24) is 4.90 Å². The minimum Gasteiger partial charge on any atom is -0.507 e. The lowest BCUT2D eigenvalue weighted by Gasteiger charge is -2.39. The Balaban J connectivity index is 2.05. The standard InChI is InChI=1S/C17H17NO/c1-18-9-8-11-4-2-6-13-16(11)14(18)10-12-5-3-7-15(19)17(12)13/h2-7,14,19H,8-10H2,1H3/t14-/m0/s1. The molecule has 19 heavy (non-hydrogen) atoms. The van der Waals surface area contributed by atoms with E-state index in [2.05, 4.69) is 36.2 Å². The van der Waals surface area contributed by atoms with Crippen molar-refractivity contribution in [2.75, 3.05) is 13.6 Å². The number of hydrogen-bond acceptors (Lipinski definition) is 2. The van der Waals surface area contributed by atoms with Gasteiger partial charge in [0.15, 0.2) is 0 Å². The van der Waals surface area contributed by atoms with Crippen LogP contribution in [-0.2, 0) is 12.8 Å². The van der Waals surface area contributed by atoms with Crippen LogP contribution in [0.3, 0.4) is 0 Å². The van der Waals surface area contributed by atoms with E-state index >= 15 is 0 Å². The number of phenols is 1. The van der Waals surface area contributed by atoms with E-state index in [1.54, 1.807) is 6.07 Å². The molecule has 4 rings (SSSR count). The second kappa shape index (κ2) is 3.84. The maximum atomic E-state index is 10.2. The zero-order chi connectivity index (χ0) is 13.0. The molecule has 0 bridgehead atoms. The second-order valence-corrected chi connectivity index (χ2v) is 5.64. The quantitative estimate of drug-likeness (QED) is 0.777. The molecule has 0 spiro atoms. The van der Waals surface area contributed by atoms with E-state index in [1.165, 1.54) is 22.3 Å². The van der Waals surface area contributed by atoms with Crippen LogP contribution in [0.2, 0.25) is 0 Å². The van der Waals surface area contributed by atoms with E-state index in [-0.39, 0.29) is 0 Å². The topological polar surface area (TPSA) is 23.5 Å². The Kier molecular flexibility index (Phi) is 2.24. The van der Waals surface area contributed by atoms with E-state index in [4.69, 9.17) is 0 Å². The highest BCUT2D eigenvalue weighted by atomic mass is 16.3. The molecule has 0 aromatic heterocycles. The molecular formula is C17H17NO. The molecule has 0 saturated heterocycles. The summed E-state index contributed by atoms with van der Waals surface area (Å²) in [5, 5.41) is 10.2. The first-order chi connectivity index (χ1) is 9.25. The first-order valence-electron chi connectivity index (χ1n) is 6.89. The van der Waals surface area contributed by atoms with Gasteiger partial charge in [-0.25, -0.2) is 0 Å². The molecule has 0 radical (unpaired) electrons. The number of fused-ring (bicyclic) bond motifs is 2. The molecule has 1 heterocycles. The Morgan fingerprint density at radius 1 is 1.11 bits per heavy atom. The van der Waals surface area contributed by atoms with Crippen molar-refractivity contribution in [1.29, 1.82) is 0 Å². The van der Waals surface area contributed by atoms with Gasteiger partial charge in [0.25, 0.3) is 0 Å². The van der Waals surface area contributed by atoms with E-state index in [1.807, 2.05) is 6.07 Å². The average molecular weight is 251 g/mol. The van der Waals surface area contributed by atoms with Crippen LogP contribution in [0.25, 0.3) is 11.1 Å². The molecule has 0 saturated carbocycles. The van der Waals surface area contributed by atoms with Crippen LogP contribution in [0, 0.1) is 0 Å². The molecule has 2 aromatic rings. The minimum absolute atomic E-state index is 0.414. The Labute approximate surface area is 113 Å². The Hall–Kier alpha value is -1.80. The van der Waals surface area contributed by atoms with E-state index in [0.29, 0.717) is 11.8 Å². The van der Waals surface area contributed by atoms with Crippen LogP contribution in [0.5, 0.6) is 5.75 Å². The number of nitrogens with zero attached hydrogens (tertiary/aromatic N) is 1. The predicted octanol–water partition coefficient (Wildman–Crippen LogP) is 3.14. The molecule has 1 atom stereocenters. The number of hydrogen-bond donors (Lipinski definition) is 1. The van der Waals surface area contributed by atoms with Gasteiger partial charge in [-0.15, -0.1) is 0 Å². The van der Waals surface area contributed by atoms with Crippen molar-refractivity contribution >= 4 is 0 Å². The second-order valence-electron chi connectivity index (χ2n) is 5.64. The van der Waals surface area contributed by atoms with Gasteiger partial charge >= 0.3 is 0 Å². The summed E-state index contributed by atoms with van der Waals surface area (Å²) in [6.45, 7) is 1.12. The highest BCUT2D eigenvalue weighted by molar-refractivity contribution is 5.80. The third-order valence-corrected chi connectivity index (χ3v) is 4.61. The van der Waals surface area contributed by atoms with Crippen molar-refractivity contribution in [2.24, 2.45) is 0 Å². The molecule has 1 aliphatic heterocycles. The average Bonchev–Trinajstić information content (AvgIpc) is 2.43. The van der Waals surface area contributed by atoms with E-state index < -0.39 is 0 Å². The van der Waals surface area contributed by atoms with Crippen molar-refractivity contribution in [3.63, 3.8) is 0 Å². The van der Waals surface area contributed by atoms with Gasteiger partial charge in [-0.2, -0.15) is 0 Å². The van der Waals surface area contributed by atoms with E-state index in [9.17, 15) is 5.11 Å². The summed E-state index contributed by atoms with van der Waals surface area (Å²) in [5.74, 6) is 0.414. The van der Waals surface area contributed by atoms with Gasteiger partial charge in [0.2, 0.25) is 0 Å². The van der Waals surface area contributed by atoms with Crippen LogP contribution in [0.15, 0.2) is 36.4 Å². The van der Waals surface area contributed by atoms with Crippen LogP contribution in [-0.4, -0.2) is 23.6 Å². The normalized spacial score (nSPS) is 20.8. The fraction of sp³-hybridized carbons (Fsp3) is 0.294. The molecule has 96 valence electrons. The largest absolute Gasteiger partial charge is 0.507 e. The zero-order valence-electron chi connectivity index (χ0n) is 11.1. The number of benzene rings is 2.